The molecule has 2 fully saturated rings. The Kier molecular flexibility index (Phi) is 2.33. The van der Waals surface area contributed by atoms with Gasteiger partial charge in [0.1, 0.15) is 0 Å². The molecule has 1 aromatic carbocycles. The summed E-state index contributed by atoms with van der Waals surface area (Å²) in [6.07, 6.45) is 5.16. The van der Waals surface area contributed by atoms with Gasteiger partial charge in [-0.1, -0.05) is 24.3 Å². The molecular weight excluding hydrogens is 298 g/mol. The third-order valence-electron chi connectivity index (χ3n) is 5.58. The molecular formula is C16H17N3O2S. The van der Waals surface area contributed by atoms with Crippen LogP contribution >= 0.6 is 0 Å². The zero-order chi connectivity index (χ0) is 15.1. The second-order valence-corrected chi connectivity index (χ2v) is 8.69. The number of imidazole rings is 1. The summed E-state index contributed by atoms with van der Waals surface area (Å²) in [7, 11) is -3.05. The second kappa shape index (κ2) is 4.00. The molecule has 0 amide bonds. The number of sulfonamides is 1. The van der Waals surface area contributed by atoms with Crippen molar-refractivity contribution in [2.75, 3.05) is 19.3 Å². The Balaban J connectivity index is 1.50. The highest BCUT2D eigenvalue weighted by molar-refractivity contribution is 7.88. The first-order chi connectivity index (χ1) is 10.6. The molecule has 3 heterocycles. The molecule has 2 aromatic rings. The van der Waals surface area contributed by atoms with Crippen molar-refractivity contribution in [1.82, 2.24) is 13.9 Å². The molecule has 5 nitrogen and oxygen atoms in total. The van der Waals surface area contributed by atoms with Crippen LogP contribution in [0.4, 0.5) is 0 Å². The summed E-state index contributed by atoms with van der Waals surface area (Å²) < 4.78 is 27.3. The molecule has 114 valence electrons. The van der Waals surface area contributed by atoms with Gasteiger partial charge < -0.3 is 4.57 Å². The Bertz CT molecular complexity index is 861. The minimum Gasteiger partial charge on any atom is -0.323 e. The van der Waals surface area contributed by atoms with Crippen LogP contribution in [0.3, 0.4) is 0 Å². The van der Waals surface area contributed by atoms with Gasteiger partial charge in [0.2, 0.25) is 10.0 Å². The predicted octanol–water partition coefficient (Wildman–Crippen LogP) is 1.59. The third-order valence-corrected chi connectivity index (χ3v) is 6.82. The molecule has 1 aliphatic carbocycles. The Morgan fingerprint density at radius 2 is 1.91 bits per heavy atom. The first-order valence-electron chi connectivity index (χ1n) is 7.62. The number of aromatic nitrogens is 2. The number of piperidine rings is 1. The highest BCUT2D eigenvalue weighted by Crippen LogP contribution is 2.61. The average Bonchev–Trinajstić information content (AvgIpc) is 2.93. The molecule has 5 rings (SSSR count). The van der Waals surface area contributed by atoms with E-state index in [4.69, 9.17) is 0 Å². The normalized spacial score (nSPS) is 32.6. The largest absolute Gasteiger partial charge is 0.323 e. The summed E-state index contributed by atoms with van der Waals surface area (Å²) in [6.45, 7) is 1.35. The fraction of sp³-hybridized carbons (Fsp3) is 0.438. The number of hydrogen-bond donors (Lipinski definition) is 0. The molecule has 1 aromatic heterocycles. The monoisotopic (exact) mass is 315 g/mol. The van der Waals surface area contributed by atoms with Crippen molar-refractivity contribution < 1.29 is 8.42 Å². The lowest BCUT2D eigenvalue weighted by Gasteiger charge is -2.21. The minimum absolute atomic E-state index is 0.324. The Hall–Kier alpha value is -1.66. The molecule has 0 radical (unpaired) electrons. The van der Waals surface area contributed by atoms with Crippen LogP contribution in [0.15, 0.2) is 36.8 Å². The second-order valence-electron chi connectivity index (χ2n) is 6.70. The molecule has 22 heavy (non-hydrogen) atoms. The predicted molar refractivity (Wildman–Crippen MR) is 82.7 cm³/mol. The highest BCUT2D eigenvalue weighted by Gasteiger charge is 2.61. The van der Waals surface area contributed by atoms with Crippen molar-refractivity contribution in [3.8, 4) is 11.3 Å². The molecule has 1 saturated carbocycles. The maximum Gasteiger partial charge on any atom is 0.211 e. The van der Waals surface area contributed by atoms with Gasteiger partial charge in [-0.2, -0.15) is 0 Å². The third kappa shape index (κ3) is 1.57. The summed E-state index contributed by atoms with van der Waals surface area (Å²) in [5, 5.41) is 0. The number of hydrogen-bond acceptors (Lipinski definition) is 3. The number of rotatable bonds is 2. The molecule has 1 saturated heterocycles. The maximum atomic E-state index is 11.7. The topological polar surface area (TPSA) is 55.2 Å². The van der Waals surface area contributed by atoms with Gasteiger partial charge in [-0.3, -0.25) is 0 Å². The van der Waals surface area contributed by atoms with E-state index in [0.717, 1.165) is 0 Å². The molecule has 3 atom stereocenters. The van der Waals surface area contributed by atoms with Crippen molar-refractivity contribution in [1.29, 1.82) is 0 Å². The van der Waals surface area contributed by atoms with Crippen molar-refractivity contribution in [2.24, 2.45) is 17.8 Å². The van der Waals surface area contributed by atoms with Crippen LogP contribution in [-0.2, 0) is 10.0 Å². The van der Waals surface area contributed by atoms with Gasteiger partial charge in [-0.25, -0.2) is 17.7 Å². The van der Waals surface area contributed by atoms with Gasteiger partial charge in [0, 0.05) is 18.7 Å². The van der Waals surface area contributed by atoms with Gasteiger partial charge in [0.25, 0.3) is 0 Å². The van der Waals surface area contributed by atoms with E-state index in [2.05, 4.69) is 33.8 Å². The van der Waals surface area contributed by atoms with Crippen LogP contribution in [-0.4, -0.2) is 41.6 Å². The van der Waals surface area contributed by atoms with E-state index in [9.17, 15) is 8.42 Å². The first-order valence-corrected chi connectivity index (χ1v) is 9.47. The maximum absolute atomic E-state index is 11.7. The zero-order valence-electron chi connectivity index (χ0n) is 12.3. The fourth-order valence-electron chi connectivity index (χ4n) is 4.54. The lowest BCUT2D eigenvalue weighted by molar-refractivity contribution is 0.376. The van der Waals surface area contributed by atoms with Gasteiger partial charge in [-0.05, 0) is 23.3 Å². The lowest BCUT2D eigenvalue weighted by atomic mass is 9.98. The molecule has 3 aliphatic rings. The van der Waals surface area contributed by atoms with E-state index in [1.54, 1.807) is 4.31 Å². The van der Waals surface area contributed by atoms with Crippen molar-refractivity contribution in [3.05, 3.63) is 42.4 Å². The first kappa shape index (κ1) is 12.8. The van der Waals surface area contributed by atoms with E-state index in [1.165, 1.54) is 23.1 Å². The molecule has 3 unspecified atom stereocenters. The van der Waals surface area contributed by atoms with E-state index < -0.39 is 10.0 Å². The van der Waals surface area contributed by atoms with Crippen LogP contribution < -0.4 is 0 Å². The molecule has 0 N–H and O–H groups in total. The van der Waals surface area contributed by atoms with E-state index in [1.807, 2.05) is 12.5 Å². The van der Waals surface area contributed by atoms with E-state index in [-0.39, 0.29) is 0 Å². The number of fused-ring (bicyclic) bond motifs is 4. The number of nitrogens with zero attached hydrogens (tertiary/aromatic N) is 3. The molecule has 2 aliphatic heterocycles. The summed E-state index contributed by atoms with van der Waals surface area (Å²) in [4.78, 5) is 4.31. The summed E-state index contributed by atoms with van der Waals surface area (Å²) in [6, 6.07) is 8.84. The minimum atomic E-state index is -3.05. The summed E-state index contributed by atoms with van der Waals surface area (Å²) in [5.74, 6) is 1.51. The smallest absolute Gasteiger partial charge is 0.211 e. The molecule has 0 bridgehead atoms. The van der Waals surface area contributed by atoms with Gasteiger partial charge in [0.05, 0.1) is 30.5 Å². The van der Waals surface area contributed by atoms with Crippen LogP contribution in [0.1, 0.15) is 11.6 Å². The van der Waals surface area contributed by atoms with Crippen LogP contribution in [0.2, 0.25) is 0 Å². The SMILES string of the molecule is CS(=O)(=O)N1CC2C(C1)C2C1c2ccccc2-c2cncn21. The van der Waals surface area contributed by atoms with E-state index >= 15 is 0 Å². The Morgan fingerprint density at radius 1 is 1.18 bits per heavy atom. The molecule has 6 heteroatoms. The summed E-state index contributed by atoms with van der Waals surface area (Å²) >= 11 is 0. The standard InChI is InChI=1S/C16H17N3O2S/c1-22(20,21)18-7-12-13(8-18)15(12)16-11-5-3-2-4-10(11)14-6-17-9-19(14)16/h2-6,9,12-13,15-16H,7-8H2,1H3. The van der Waals surface area contributed by atoms with Crippen LogP contribution in [0, 0.1) is 17.8 Å². The average molecular weight is 315 g/mol. The van der Waals surface area contributed by atoms with E-state index in [0.29, 0.717) is 36.9 Å². The lowest BCUT2D eigenvalue weighted by Crippen LogP contribution is -2.31. The van der Waals surface area contributed by atoms with Crippen molar-refractivity contribution >= 4 is 10.0 Å². The summed E-state index contributed by atoms with van der Waals surface area (Å²) in [5.41, 5.74) is 3.82. The highest BCUT2D eigenvalue weighted by atomic mass is 32.2. The van der Waals surface area contributed by atoms with Gasteiger partial charge >= 0.3 is 0 Å². The van der Waals surface area contributed by atoms with Crippen LogP contribution in [0.25, 0.3) is 11.3 Å². The van der Waals surface area contributed by atoms with Gasteiger partial charge in [0.15, 0.2) is 0 Å². The number of benzene rings is 1. The quantitative estimate of drug-likeness (QED) is 0.846. The van der Waals surface area contributed by atoms with Crippen LogP contribution in [0.5, 0.6) is 0 Å². The fourth-order valence-corrected chi connectivity index (χ4v) is 5.42. The van der Waals surface area contributed by atoms with Crippen molar-refractivity contribution in [2.45, 2.75) is 6.04 Å². The van der Waals surface area contributed by atoms with Gasteiger partial charge in [-0.15, -0.1) is 0 Å². The Morgan fingerprint density at radius 3 is 2.64 bits per heavy atom. The van der Waals surface area contributed by atoms with Crippen molar-refractivity contribution in [3.63, 3.8) is 0 Å². The zero-order valence-corrected chi connectivity index (χ0v) is 13.1. The Labute approximate surface area is 129 Å². The molecule has 0 spiro atoms.